The van der Waals surface area contributed by atoms with Crippen LogP contribution in [0, 0.1) is 10.8 Å². The first-order valence-electron chi connectivity index (χ1n) is 9.72. The van der Waals surface area contributed by atoms with Gasteiger partial charge >= 0.3 is 11.9 Å². The summed E-state index contributed by atoms with van der Waals surface area (Å²) in [4.78, 5) is 26.9. The van der Waals surface area contributed by atoms with Gasteiger partial charge in [0.1, 0.15) is 0 Å². The van der Waals surface area contributed by atoms with Crippen LogP contribution in [0.1, 0.15) is 66.2 Å². The Hall–Kier alpha value is -1.14. The third-order valence-corrected chi connectivity index (χ3v) is 5.07. The van der Waals surface area contributed by atoms with Crippen LogP contribution in [0.15, 0.2) is 0 Å². The molecule has 0 unspecified atom stereocenters. The third-order valence-electron chi connectivity index (χ3n) is 5.07. The smallest absolute Gasteiger partial charge is 0.309 e. The molecule has 0 aliphatic heterocycles. The van der Waals surface area contributed by atoms with Crippen molar-refractivity contribution in [2.75, 3.05) is 40.3 Å². The van der Waals surface area contributed by atoms with Gasteiger partial charge in [-0.25, -0.2) is 0 Å². The SMILES string of the molecule is CN(C)CCN(CCCCC(C)(C)C(=O)O)CCCCC(C)(C)C(=O)O. The molecule has 6 nitrogen and oxygen atoms in total. The Balaban J connectivity index is 4.27. The summed E-state index contributed by atoms with van der Waals surface area (Å²) in [6.45, 7) is 11.0. The van der Waals surface area contributed by atoms with Crippen molar-refractivity contribution in [1.82, 2.24) is 9.80 Å². The average molecular weight is 373 g/mol. The molecule has 0 radical (unpaired) electrons. The van der Waals surface area contributed by atoms with Crippen LogP contribution in [0.5, 0.6) is 0 Å². The number of unbranched alkanes of at least 4 members (excludes halogenated alkanes) is 2. The molecule has 0 aliphatic carbocycles. The van der Waals surface area contributed by atoms with E-state index in [2.05, 4.69) is 23.9 Å². The highest BCUT2D eigenvalue weighted by Gasteiger charge is 2.27. The van der Waals surface area contributed by atoms with Gasteiger partial charge in [0.25, 0.3) is 0 Å². The first-order chi connectivity index (χ1) is 11.9. The lowest BCUT2D eigenvalue weighted by molar-refractivity contribution is -0.148. The quantitative estimate of drug-likeness (QED) is 0.429. The molecule has 0 bridgehead atoms. The maximum atomic E-state index is 11.2. The molecular formula is C20H40N2O4. The van der Waals surface area contributed by atoms with Crippen molar-refractivity contribution in [3.05, 3.63) is 0 Å². The Bertz CT molecular complexity index is 400. The molecule has 0 rings (SSSR count). The van der Waals surface area contributed by atoms with E-state index in [1.54, 1.807) is 27.7 Å². The van der Waals surface area contributed by atoms with E-state index >= 15 is 0 Å². The second kappa shape index (κ2) is 11.5. The molecule has 0 aliphatic rings. The van der Waals surface area contributed by atoms with Gasteiger partial charge in [0.2, 0.25) is 0 Å². The normalized spacial score (nSPS) is 12.8. The van der Waals surface area contributed by atoms with Crippen molar-refractivity contribution in [1.29, 1.82) is 0 Å². The fourth-order valence-electron chi connectivity index (χ4n) is 2.70. The highest BCUT2D eigenvalue weighted by molar-refractivity contribution is 5.73. The summed E-state index contributed by atoms with van der Waals surface area (Å²) in [7, 11) is 4.12. The lowest BCUT2D eigenvalue weighted by Gasteiger charge is -2.26. The minimum atomic E-state index is -0.733. The van der Waals surface area contributed by atoms with Crippen molar-refractivity contribution in [3.8, 4) is 0 Å². The fraction of sp³-hybridized carbons (Fsp3) is 0.900. The lowest BCUT2D eigenvalue weighted by atomic mass is 9.87. The van der Waals surface area contributed by atoms with Crippen LogP contribution in [-0.2, 0) is 9.59 Å². The number of hydrogen-bond donors (Lipinski definition) is 2. The number of carbonyl (C=O) groups is 2. The minimum Gasteiger partial charge on any atom is -0.481 e. The van der Waals surface area contributed by atoms with E-state index < -0.39 is 22.8 Å². The second-order valence-corrected chi connectivity index (χ2v) is 8.94. The number of carboxylic acids is 2. The second-order valence-electron chi connectivity index (χ2n) is 8.94. The van der Waals surface area contributed by atoms with E-state index in [0.717, 1.165) is 51.9 Å². The molecule has 0 aromatic carbocycles. The van der Waals surface area contributed by atoms with Gasteiger partial charge in [-0.15, -0.1) is 0 Å². The van der Waals surface area contributed by atoms with Crippen molar-refractivity contribution in [2.45, 2.75) is 66.2 Å². The van der Waals surface area contributed by atoms with Gasteiger partial charge in [0, 0.05) is 13.1 Å². The molecule has 0 aromatic heterocycles. The van der Waals surface area contributed by atoms with E-state index in [4.69, 9.17) is 0 Å². The van der Waals surface area contributed by atoms with E-state index in [1.165, 1.54) is 0 Å². The number of nitrogens with zero attached hydrogens (tertiary/aromatic N) is 2. The summed E-state index contributed by atoms with van der Waals surface area (Å²) in [6.07, 6.45) is 5.18. The number of aliphatic carboxylic acids is 2. The van der Waals surface area contributed by atoms with E-state index in [-0.39, 0.29) is 0 Å². The Kier molecular flexibility index (Phi) is 11.0. The van der Waals surface area contributed by atoms with Gasteiger partial charge in [-0.3, -0.25) is 9.59 Å². The van der Waals surface area contributed by atoms with Crippen molar-refractivity contribution >= 4 is 11.9 Å². The van der Waals surface area contributed by atoms with Crippen molar-refractivity contribution in [2.24, 2.45) is 10.8 Å². The predicted octanol–water partition coefficient (Wildman–Crippen LogP) is 3.41. The maximum absolute atomic E-state index is 11.2. The van der Waals surface area contributed by atoms with E-state index in [0.29, 0.717) is 12.8 Å². The third kappa shape index (κ3) is 10.8. The Morgan fingerprint density at radius 1 is 0.692 bits per heavy atom. The maximum Gasteiger partial charge on any atom is 0.309 e. The highest BCUT2D eigenvalue weighted by Crippen LogP contribution is 2.24. The highest BCUT2D eigenvalue weighted by atomic mass is 16.4. The summed E-state index contributed by atoms with van der Waals surface area (Å²) in [5.41, 5.74) is -1.31. The Morgan fingerprint density at radius 2 is 1.08 bits per heavy atom. The van der Waals surface area contributed by atoms with Crippen LogP contribution < -0.4 is 0 Å². The Morgan fingerprint density at radius 3 is 1.38 bits per heavy atom. The molecule has 0 amide bonds. The van der Waals surface area contributed by atoms with Gasteiger partial charge in [0.15, 0.2) is 0 Å². The number of hydrogen-bond acceptors (Lipinski definition) is 4. The van der Waals surface area contributed by atoms with Crippen molar-refractivity contribution in [3.63, 3.8) is 0 Å². The monoisotopic (exact) mass is 372 g/mol. The topological polar surface area (TPSA) is 81.1 Å². The van der Waals surface area contributed by atoms with Crippen LogP contribution in [0.4, 0.5) is 0 Å². The lowest BCUT2D eigenvalue weighted by Crippen LogP contribution is -2.34. The standard InChI is InChI=1S/C20H40N2O4/c1-19(2,17(23)24)11-7-9-13-22(16-15-21(5)6)14-10-8-12-20(3,4)18(25)26/h7-16H2,1-6H3,(H,23,24)(H,25,26). The van der Waals surface area contributed by atoms with Crippen LogP contribution in [-0.4, -0.2) is 72.2 Å². The zero-order valence-electron chi connectivity index (χ0n) is 17.7. The fourth-order valence-corrected chi connectivity index (χ4v) is 2.70. The van der Waals surface area contributed by atoms with Crippen LogP contribution in [0.25, 0.3) is 0 Å². The van der Waals surface area contributed by atoms with Crippen LogP contribution in [0.2, 0.25) is 0 Å². The molecule has 6 heteroatoms. The summed E-state index contributed by atoms with van der Waals surface area (Å²) < 4.78 is 0. The first kappa shape index (κ1) is 24.9. The molecule has 2 N–H and O–H groups in total. The molecule has 0 aromatic rings. The molecular weight excluding hydrogens is 332 g/mol. The molecule has 0 atom stereocenters. The molecule has 0 saturated carbocycles. The van der Waals surface area contributed by atoms with E-state index in [9.17, 15) is 19.8 Å². The predicted molar refractivity (Wildman–Crippen MR) is 106 cm³/mol. The van der Waals surface area contributed by atoms with Crippen LogP contribution in [0.3, 0.4) is 0 Å². The van der Waals surface area contributed by atoms with E-state index in [1.807, 2.05) is 0 Å². The summed E-state index contributed by atoms with van der Waals surface area (Å²) >= 11 is 0. The van der Waals surface area contributed by atoms with Crippen LogP contribution >= 0.6 is 0 Å². The van der Waals surface area contributed by atoms with Gasteiger partial charge in [-0.05, 0) is 80.6 Å². The average Bonchev–Trinajstić information content (AvgIpc) is 2.51. The molecule has 0 spiro atoms. The molecule has 26 heavy (non-hydrogen) atoms. The summed E-state index contributed by atoms with van der Waals surface area (Å²) in [5, 5.41) is 18.4. The Labute approximate surface area is 159 Å². The minimum absolute atomic E-state index is 0.656. The zero-order valence-corrected chi connectivity index (χ0v) is 17.7. The molecule has 154 valence electrons. The largest absolute Gasteiger partial charge is 0.481 e. The molecule has 0 heterocycles. The van der Waals surface area contributed by atoms with Gasteiger partial charge in [0.05, 0.1) is 10.8 Å². The molecule has 0 saturated heterocycles. The number of likely N-dealkylation sites (N-methyl/N-ethyl adjacent to an activating group) is 1. The molecule has 0 fully saturated rings. The first-order valence-corrected chi connectivity index (χ1v) is 9.72. The van der Waals surface area contributed by atoms with Gasteiger partial charge in [-0.2, -0.15) is 0 Å². The van der Waals surface area contributed by atoms with Crippen molar-refractivity contribution < 1.29 is 19.8 Å². The number of carboxylic acid groups (broad SMARTS) is 2. The summed E-state index contributed by atoms with van der Waals surface area (Å²) in [5.74, 6) is -1.47. The zero-order chi connectivity index (χ0) is 20.4. The summed E-state index contributed by atoms with van der Waals surface area (Å²) in [6, 6.07) is 0. The number of rotatable bonds is 15. The van der Waals surface area contributed by atoms with Gasteiger partial charge in [-0.1, -0.05) is 12.8 Å². The van der Waals surface area contributed by atoms with Gasteiger partial charge < -0.3 is 20.0 Å².